The van der Waals surface area contributed by atoms with Crippen LogP contribution < -0.4 is 19.9 Å². The van der Waals surface area contributed by atoms with Crippen LogP contribution in [0.15, 0.2) is 42.5 Å². The molecule has 1 saturated heterocycles. The molecule has 29 heavy (non-hydrogen) atoms. The Kier molecular flexibility index (Phi) is 5.79. The second-order valence-corrected chi connectivity index (χ2v) is 8.03. The van der Waals surface area contributed by atoms with Crippen LogP contribution in [0.5, 0.6) is 5.75 Å². The maximum atomic E-state index is 12.6. The number of fused-ring (bicyclic) bond motifs is 1. The summed E-state index contributed by atoms with van der Waals surface area (Å²) in [5.74, 6) is 1.08. The number of amides is 1. The molecule has 2 aliphatic heterocycles. The number of nitrogens with one attached hydrogen (secondary N) is 3. The van der Waals surface area contributed by atoms with Gasteiger partial charge in [-0.2, -0.15) is 5.26 Å². The molecule has 1 amide bonds. The van der Waals surface area contributed by atoms with Gasteiger partial charge in [0.25, 0.3) is 5.91 Å². The first-order chi connectivity index (χ1) is 14.1. The molecule has 0 bridgehead atoms. The van der Waals surface area contributed by atoms with Crippen molar-refractivity contribution in [1.29, 1.82) is 5.26 Å². The van der Waals surface area contributed by atoms with Crippen LogP contribution in [0.2, 0.25) is 0 Å². The molecule has 0 spiro atoms. The Bertz CT molecular complexity index is 911. The Balaban J connectivity index is 1.27. The van der Waals surface area contributed by atoms with Gasteiger partial charge in [-0.3, -0.25) is 4.79 Å². The second-order valence-electron chi connectivity index (χ2n) is 8.03. The van der Waals surface area contributed by atoms with Crippen molar-refractivity contribution < 1.29 is 19.3 Å². The summed E-state index contributed by atoms with van der Waals surface area (Å²) in [5, 5.41) is 11.9. The molecule has 0 unspecified atom stereocenters. The van der Waals surface area contributed by atoms with Gasteiger partial charge in [-0.15, -0.1) is 0 Å². The average Bonchev–Trinajstić information content (AvgIpc) is 3.22. The van der Waals surface area contributed by atoms with Crippen LogP contribution in [0.4, 0.5) is 5.69 Å². The number of ether oxygens (including phenoxy) is 1. The number of hydrogen-bond donors (Lipinski definition) is 3. The van der Waals surface area contributed by atoms with Gasteiger partial charge in [0.15, 0.2) is 6.04 Å². The van der Waals surface area contributed by atoms with Crippen molar-refractivity contribution in [3.63, 3.8) is 0 Å². The van der Waals surface area contributed by atoms with E-state index in [1.807, 2.05) is 6.92 Å². The molecule has 4 rings (SSSR count). The third-order valence-corrected chi connectivity index (χ3v) is 6.09. The predicted molar refractivity (Wildman–Crippen MR) is 110 cm³/mol. The fraction of sp³-hybridized carbons (Fsp3) is 0.391. The highest BCUT2D eigenvalue weighted by Gasteiger charge is 2.31. The first-order valence-electron chi connectivity index (χ1n) is 10.4. The average molecular weight is 393 g/mol. The van der Waals surface area contributed by atoms with Crippen LogP contribution in [-0.2, 0) is 17.8 Å². The van der Waals surface area contributed by atoms with E-state index in [9.17, 15) is 4.79 Å². The highest BCUT2D eigenvalue weighted by atomic mass is 16.5. The Hall–Kier alpha value is -2.88. The zero-order chi connectivity index (χ0) is 20.2. The lowest BCUT2D eigenvalue weighted by Crippen LogP contribution is -3.29. The van der Waals surface area contributed by atoms with Gasteiger partial charge in [-0.25, -0.2) is 0 Å². The highest BCUT2D eigenvalue weighted by molar-refractivity contribution is 5.93. The molecule has 1 atom stereocenters. The van der Waals surface area contributed by atoms with Crippen molar-refractivity contribution in [1.82, 2.24) is 0 Å². The van der Waals surface area contributed by atoms with E-state index in [0.29, 0.717) is 5.56 Å². The lowest BCUT2D eigenvalue weighted by atomic mass is 10.1. The quantitative estimate of drug-likeness (QED) is 0.660. The predicted octanol–water partition coefficient (Wildman–Crippen LogP) is -0.196. The number of benzene rings is 2. The van der Waals surface area contributed by atoms with Gasteiger partial charge in [0, 0.05) is 17.7 Å². The van der Waals surface area contributed by atoms with Crippen LogP contribution in [0.1, 0.15) is 23.6 Å². The fourth-order valence-electron chi connectivity index (χ4n) is 4.24. The third kappa shape index (κ3) is 4.58. The van der Waals surface area contributed by atoms with Crippen LogP contribution in [0.25, 0.3) is 0 Å². The van der Waals surface area contributed by atoms with Gasteiger partial charge in [-0.05, 0) is 55.0 Å². The van der Waals surface area contributed by atoms with E-state index in [4.69, 9.17) is 10.00 Å². The third-order valence-electron chi connectivity index (χ3n) is 6.09. The SMILES string of the molecule is C[C@@H](C(=O)Nc1ccc(C#N)cc1)[NH+]1CC[NH+](Cc2ccc3c(c2)CCO3)CC1. The van der Waals surface area contributed by atoms with Crippen molar-refractivity contribution in [3.8, 4) is 11.8 Å². The Labute approximate surface area is 171 Å². The molecule has 2 aromatic carbocycles. The highest BCUT2D eigenvalue weighted by Crippen LogP contribution is 2.25. The van der Waals surface area contributed by atoms with Crippen molar-refractivity contribution >= 4 is 11.6 Å². The lowest BCUT2D eigenvalue weighted by molar-refractivity contribution is -1.02. The molecule has 0 saturated carbocycles. The van der Waals surface area contributed by atoms with Gasteiger partial charge in [0.2, 0.25) is 0 Å². The smallest absolute Gasteiger partial charge is 0.282 e. The Morgan fingerprint density at radius 1 is 1.17 bits per heavy atom. The van der Waals surface area contributed by atoms with E-state index < -0.39 is 0 Å². The van der Waals surface area contributed by atoms with Gasteiger partial charge < -0.3 is 19.9 Å². The van der Waals surface area contributed by atoms with E-state index in [-0.39, 0.29) is 11.9 Å². The van der Waals surface area contributed by atoms with Gasteiger partial charge in [0.05, 0.1) is 18.2 Å². The zero-order valence-electron chi connectivity index (χ0n) is 16.8. The minimum absolute atomic E-state index is 0.0341. The summed E-state index contributed by atoms with van der Waals surface area (Å²) < 4.78 is 5.60. The summed E-state index contributed by atoms with van der Waals surface area (Å²) in [6, 6.07) is 15.6. The largest absolute Gasteiger partial charge is 0.493 e. The minimum Gasteiger partial charge on any atom is -0.493 e. The molecule has 1 fully saturated rings. The normalized spacial score (nSPS) is 21.5. The number of nitrogens with zero attached hydrogens (tertiary/aromatic N) is 1. The summed E-state index contributed by atoms with van der Waals surface area (Å²) in [6.45, 7) is 7.95. The standard InChI is InChI=1S/C23H26N4O2/c1-17(23(28)25-21-5-2-18(15-24)3-6-21)27-11-9-26(10-12-27)16-19-4-7-22-20(14-19)8-13-29-22/h2-7,14,17H,8-13,16H2,1H3,(H,25,28)/p+2/t17-/m0/s1. The molecule has 6 nitrogen and oxygen atoms in total. The van der Waals surface area contributed by atoms with E-state index in [1.54, 1.807) is 29.2 Å². The summed E-state index contributed by atoms with van der Waals surface area (Å²) in [6.07, 6.45) is 1.02. The van der Waals surface area contributed by atoms with E-state index in [1.165, 1.54) is 16.0 Å². The molecule has 6 heteroatoms. The van der Waals surface area contributed by atoms with Gasteiger partial charge in [-0.1, -0.05) is 0 Å². The maximum Gasteiger partial charge on any atom is 0.282 e. The van der Waals surface area contributed by atoms with Crippen molar-refractivity contribution in [2.75, 3.05) is 38.1 Å². The molecule has 0 radical (unpaired) electrons. The molecule has 2 aliphatic rings. The number of carbonyl (C=O) groups excluding carboxylic acids is 1. The van der Waals surface area contributed by atoms with Gasteiger partial charge in [0.1, 0.15) is 38.5 Å². The fourth-order valence-corrected chi connectivity index (χ4v) is 4.24. The summed E-state index contributed by atoms with van der Waals surface area (Å²) in [5.41, 5.74) is 4.04. The van der Waals surface area contributed by atoms with Crippen molar-refractivity contribution in [2.24, 2.45) is 0 Å². The topological polar surface area (TPSA) is 71.0 Å². The molecule has 2 heterocycles. The van der Waals surface area contributed by atoms with Gasteiger partial charge >= 0.3 is 0 Å². The maximum absolute atomic E-state index is 12.6. The molecule has 2 aromatic rings. The van der Waals surface area contributed by atoms with Crippen LogP contribution in [0, 0.1) is 11.3 Å². The number of carbonyl (C=O) groups is 1. The van der Waals surface area contributed by atoms with E-state index in [0.717, 1.165) is 57.2 Å². The molecular formula is C23H28N4O2+2. The van der Waals surface area contributed by atoms with Crippen LogP contribution in [0.3, 0.4) is 0 Å². The first-order valence-corrected chi connectivity index (χ1v) is 10.4. The second kappa shape index (κ2) is 8.64. The van der Waals surface area contributed by atoms with Crippen LogP contribution >= 0.6 is 0 Å². The number of rotatable bonds is 5. The molecule has 0 aromatic heterocycles. The number of piperazine rings is 1. The number of hydrogen-bond acceptors (Lipinski definition) is 3. The number of anilines is 1. The van der Waals surface area contributed by atoms with E-state index >= 15 is 0 Å². The Morgan fingerprint density at radius 2 is 1.93 bits per heavy atom. The summed E-state index contributed by atoms with van der Waals surface area (Å²) >= 11 is 0. The first kappa shape index (κ1) is 19.4. The molecule has 3 N–H and O–H groups in total. The molecule has 0 aliphatic carbocycles. The van der Waals surface area contributed by atoms with E-state index in [2.05, 4.69) is 29.6 Å². The number of quaternary nitrogens is 2. The summed E-state index contributed by atoms with van der Waals surface area (Å²) in [7, 11) is 0. The zero-order valence-corrected chi connectivity index (χ0v) is 16.8. The number of nitriles is 1. The summed E-state index contributed by atoms with van der Waals surface area (Å²) in [4.78, 5) is 15.5. The lowest BCUT2D eigenvalue weighted by Gasteiger charge is -2.32. The Morgan fingerprint density at radius 3 is 2.66 bits per heavy atom. The van der Waals surface area contributed by atoms with Crippen molar-refractivity contribution in [2.45, 2.75) is 25.9 Å². The van der Waals surface area contributed by atoms with Crippen LogP contribution in [-0.4, -0.2) is 44.7 Å². The minimum atomic E-state index is -0.0932. The van der Waals surface area contributed by atoms with Crippen molar-refractivity contribution in [3.05, 3.63) is 59.2 Å². The molecule has 150 valence electrons. The molecular weight excluding hydrogens is 364 g/mol. The monoisotopic (exact) mass is 392 g/mol.